The van der Waals surface area contributed by atoms with E-state index in [1.807, 2.05) is 4.90 Å². The first kappa shape index (κ1) is 21.5. The van der Waals surface area contributed by atoms with Crippen LogP contribution in [0.2, 0.25) is 0 Å². The number of alkyl halides is 3. The summed E-state index contributed by atoms with van der Waals surface area (Å²) in [6.07, 6.45) is -3.95. The van der Waals surface area contributed by atoms with E-state index in [4.69, 9.17) is 0 Å². The molecule has 8 nitrogen and oxygen atoms in total. The van der Waals surface area contributed by atoms with E-state index in [0.717, 1.165) is 29.2 Å². The number of hydrogen-bond acceptors (Lipinski definition) is 5. The molecule has 2 aliphatic heterocycles. The summed E-state index contributed by atoms with van der Waals surface area (Å²) in [5.74, 6) is -0.262. The average Bonchev–Trinajstić information content (AvgIpc) is 3.00. The molecule has 160 valence electrons. The van der Waals surface area contributed by atoms with Crippen LogP contribution in [0.5, 0.6) is 0 Å². The Morgan fingerprint density at radius 2 is 1.59 bits per heavy atom. The minimum absolute atomic E-state index is 0.0132. The highest BCUT2D eigenvalue weighted by atomic mass is 32.2. The van der Waals surface area contributed by atoms with Gasteiger partial charge in [0.25, 0.3) is 0 Å². The van der Waals surface area contributed by atoms with Gasteiger partial charge in [0.2, 0.25) is 15.9 Å². The lowest BCUT2D eigenvalue weighted by molar-refractivity contribution is -0.137. The largest absolute Gasteiger partial charge is 0.416 e. The predicted molar refractivity (Wildman–Crippen MR) is 96.4 cm³/mol. The zero-order valence-electron chi connectivity index (χ0n) is 15.5. The predicted octanol–water partition coefficient (Wildman–Crippen LogP) is 0.954. The van der Waals surface area contributed by atoms with E-state index in [1.54, 1.807) is 0 Å². The Kier molecular flexibility index (Phi) is 6.15. The summed E-state index contributed by atoms with van der Waals surface area (Å²) >= 11 is 0. The molecule has 2 heterocycles. The van der Waals surface area contributed by atoms with Crippen LogP contribution in [-0.4, -0.2) is 80.3 Å². The first-order valence-electron chi connectivity index (χ1n) is 9.07. The Morgan fingerprint density at radius 1 is 0.966 bits per heavy atom. The third-order valence-electron chi connectivity index (χ3n) is 4.94. The standard InChI is InChI=1S/C17H21F3N4O4S/c18-17(19,20)13-2-4-14(5-3-13)29(27,28)23-10-8-22(9-11-23)6-1-7-24-15(25)12-21-16(24)26/h2-5H,1,6-12H2,(H,21,26). The minimum Gasteiger partial charge on any atom is -0.329 e. The number of halogens is 3. The van der Waals surface area contributed by atoms with Gasteiger partial charge in [-0.15, -0.1) is 0 Å². The maximum Gasteiger partial charge on any atom is 0.416 e. The number of sulfonamides is 1. The summed E-state index contributed by atoms with van der Waals surface area (Å²) in [4.78, 5) is 26.0. The Morgan fingerprint density at radius 3 is 2.10 bits per heavy atom. The van der Waals surface area contributed by atoms with Crippen LogP contribution in [0.25, 0.3) is 0 Å². The molecule has 3 rings (SSSR count). The summed E-state index contributed by atoms with van der Waals surface area (Å²) < 4.78 is 64.5. The van der Waals surface area contributed by atoms with Gasteiger partial charge in [-0.3, -0.25) is 9.69 Å². The van der Waals surface area contributed by atoms with Crippen molar-refractivity contribution < 1.29 is 31.2 Å². The van der Waals surface area contributed by atoms with E-state index in [2.05, 4.69) is 5.32 Å². The molecule has 0 unspecified atom stereocenters. The summed E-state index contributed by atoms with van der Waals surface area (Å²) in [6, 6.07) is 3.07. The third kappa shape index (κ3) is 4.87. The number of imide groups is 1. The second kappa shape index (κ2) is 8.28. The molecule has 2 fully saturated rings. The minimum atomic E-state index is -4.52. The quantitative estimate of drug-likeness (QED) is 0.674. The van der Waals surface area contributed by atoms with Crippen LogP contribution in [0.15, 0.2) is 29.2 Å². The molecule has 0 radical (unpaired) electrons. The topological polar surface area (TPSA) is 90.0 Å². The average molecular weight is 434 g/mol. The Hall–Kier alpha value is -2.18. The third-order valence-corrected chi connectivity index (χ3v) is 6.86. The number of carbonyl (C=O) groups is 2. The van der Waals surface area contributed by atoms with Gasteiger partial charge in [-0.05, 0) is 37.2 Å². The summed E-state index contributed by atoms with van der Waals surface area (Å²) in [5.41, 5.74) is -0.897. The molecule has 2 saturated heterocycles. The summed E-state index contributed by atoms with van der Waals surface area (Å²) in [7, 11) is -3.86. The van der Waals surface area contributed by atoms with Gasteiger partial charge in [0, 0.05) is 32.7 Å². The Balaban J connectivity index is 1.50. The smallest absolute Gasteiger partial charge is 0.329 e. The van der Waals surface area contributed by atoms with Crippen molar-refractivity contribution in [3.8, 4) is 0 Å². The van der Waals surface area contributed by atoms with Crippen LogP contribution in [-0.2, 0) is 21.0 Å². The van der Waals surface area contributed by atoms with Crippen molar-refractivity contribution in [2.75, 3.05) is 45.8 Å². The van der Waals surface area contributed by atoms with Crippen LogP contribution in [0.4, 0.5) is 18.0 Å². The lowest BCUT2D eigenvalue weighted by Crippen LogP contribution is -2.49. The molecule has 0 spiro atoms. The Labute approximate surface area is 166 Å². The number of carbonyl (C=O) groups excluding carboxylic acids is 2. The van der Waals surface area contributed by atoms with Crippen molar-refractivity contribution in [1.82, 2.24) is 19.4 Å². The van der Waals surface area contributed by atoms with Gasteiger partial charge in [-0.1, -0.05) is 0 Å². The van der Waals surface area contributed by atoms with E-state index >= 15 is 0 Å². The first-order valence-corrected chi connectivity index (χ1v) is 10.5. The molecule has 3 amide bonds. The molecule has 0 aromatic heterocycles. The molecule has 2 aliphatic rings. The van der Waals surface area contributed by atoms with Gasteiger partial charge in [0.1, 0.15) is 0 Å². The van der Waals surface area contributed by atoms with Crippen LogP contribution in [0.3, 0.4) is 0 Å². The number of piperazine rings is 1. The maximum atomic E-state index is 12.7. The molecule has 29 heavy (non-hydrogen) atoms. The molecule has 1 aromatic carbocycles. The number of amides is 3. The number of urea groups is 1. The number of nitrogens with one attached hydrogen (secondary N) is 1. The molecule has 0 saturated carbocycles. The number of rotatable bonds is 6. The monoisotopic (exact) mass is 434 g/mol. The second-order valence-corrected chi connectivity index (χ2v) is 8.76. The molecule has 1 N–H and O–H groups in total. The van der Waals surface area contributed by atoms with Gasteiger partial charge in [0.05, 0.1) is 17.0 Å². The van der Waals surface area contributed by atoms with Crippen molar-refractivity contribution in [2.45, 2.75) is 17.5 Å². The molecule has 0 atom stereocenters. The molecule has 0 bridgehead atoms. The molecule has 1 aromatic rings. The Bertz CT molecular complexity index is 850. The fourth-order valence-electron chi connectivity index (χ4n) is 3.29. The highest BCUT2D eigenvalue weighted by molar-refractivity contribution is 7.89. The summed E-state index contributed by atoms with van der Waals surface area (Å²) in [6.45, 7) is 2.26. The van der Waals surface area contributed by atoms with Gasteiger partial charge in [-0.25, -0.2) is 13.2 Å². The molecular weight excluding hydrogens is 413 g/mol. The van der Waals surface area contributed by atoms with Crippen LogP contribution in [0.1, 0.15) is 12.0 Å². The molecular formula is C17H21F3N4O4S. The molecule has 0 aliphatic carbocycles. The lowest BCUT2D eigenvalue weighted by Gasteiger charge is -2.34. The zero-order valence-corrected chi connectivity index (χ0v) is 16.3. The van der Waals surface area contributed by atoms with E-state index in [9.17, 15) is 31.2 Å². The van der Waals surface area contributed by atoms with Crippen molar-refractivity contribution in [1.29, 1.82) is 0 Å². The van der Waals surface area contributed by atoms with Crippen molar-refractivity contribution in [3.63, 3.8) is 0 Å². The maximum absolute atomic E-state index is 12.7. The van der Waals surface area contributed by atoms with E-state index in [0.29, 0.717) is 32.6 Å². The second-order valence-electron chi connectivity index (χ2n) is 6.83. The van der Waals surface area contributed by atoms with E-state index < -0.39 is 27.8 Å². The highest BCUT2D eigenvalue weighted by Crippen LogP contribution is 2.30. The lowest BCUT2D eigenvalue weighted by atomic mass is 10.2. The van der Waals surface area contributed by atoms with E-state index in [1.165, 1.54) is 4.31 Å². The van der Waals surface area contributed by atoms with Crippen LogP contribution >= 0.6 is 0 Å². The zero-order chi connectivity index (χ0) is 21.2. The highest BCUT2D eigenvalue weighted by Gasteiger charge is 2.33. The van der Waals surface area contributed by atoms with Crippen LogP contribution < -0.4 is 5.32 Å². The van der Waals surface area contributed by atoms with Gasteiger partial charge < -0.3 is 10.2 Å². The number of hydrogen-bond donors (Lipinski definition) is 1. The molecule has 12 heteroatoms. The van der Waals surface area contributed by atoms with Crippen molar-refractivity contribution >= 4 is 22.0 Å². The summed E-state index contributed by atoms with van der Waals surface area (Å²) in [5, 5.41) is 2.45. The van der Waals surface area contributed by atoms with Gasteiger partial charge in [-0.2, -0.15) is 17.5 Å². The fraction of sp³-hybridized carbons (Fsp3) is 0.529. The SMILES string of the molecule is O=C1CNC(=O)N1CCCN1CCN(S(=O)(=O)c2ccc(C(F)(F)F)cc2)CC1. The van der Waals surface area contributed by atoms with Crippen LogP contribution in [0, 0.1) is 0 Å². The normalized spacial score (nSPS) is 19.6. The fourth-order valence-corrected chi connectivity index (χ4v) is 4.71. The number of benzene rings is 1. The van der Waals surface area contributed by atoms with E-state index in [-0.39, 0.29) is 30.4 Å². The van der Waals surface area contributed by atoms with Crippen molar-refractivity contribution in [3.05, 3.63) is 29.8 Å². The van der Waals surface area contributed by atoms with Crippen molar-refractivity contribution in [2.24, 2.45) is 0 Å². The van der Waals surface area contributed by atoms with Gasteiger partial charge in [0.15, 0.2) is 0 Å². The van der Waals surface area contributed by atoms with Gasteiger partial charge >= 0.3 is 12.2 Å². The number of nitrogens with zero attached hydrogens (tertiary/aromatic N) is 3. The first-order chi connectivity index (χ1) is 13.6.